The maximum absolute atomic E-state index is 13.0. The van der Waals surface area contributed by atoms with Crippen LogP contribution in [0.5, 0.6) is 0 Å². The molecular formula is C19H22N6O3S. The molecule has 1 aliphatic heterocycles. The van der Waals surface area contributed by atoms with Crippen LogP contribution in [0.4, 0.5) is 11.4 Å². The highest BCUT2D eigenvalue weighted by molar-refractivity contribution is 7.12. The highest BCUT2D eigenvalue weighted by Crippen LogP contribution is 2.41. The second kappa shape index (κ2) is 6.61. The average Bonchev–Trinajstić information content (AvgIpc) is 3.35. The van der Waals surface area contributed by atoms with Crippen molar-refractivity contribution in [2.45, 2.75) is 18.9 Å². The Morgan fingerprint density at radius 3 is 2.83 bits per heavy atom. The summed E-state index contributed by atoms with van der Waals surface area (Å²) in [5, 5.41) is 0.695. The summed E-state index contributed by atoms with van der Waals surface area (Å²) in [7, 11) is 1.56. The zero-order valence-corrected chi connectivity index (χ0v) is 16.7. The zero-order valence-electron chi connectivity index (χ0n) is 15.9. The van der Waals surface area contributed by atoms with E-state index in [4.69, 9.17) is 16.3 Å². The van der Waals surface area contributed by atoms with E-state index >= 15 is 0 Å². The van der Waals surface area contributed by atoms with Crippen LogP contribution < -0.4 is 32.8 Å². The van der Waals surface area contributed by atoms with Crippen LogP contribution in [0.15, 0.2) is 33.6 Å². The minimum atomic E-state index is -0.336. The first kappa shape index (κ1) is 18.2. The molecule has 1 aromatic carbocycles. The number of rotatable bonds is 5. The number of aromatic amines is 1. The molecule has 1 unspecified atom stereocenters. The van der Waals surface area contributed by atoms with Crippen molar-refractivity contribution in [3.63, 3.8) is 0 Å². The van der Waals surface area contributed by atoms with E-state index in [9.17, 15) is 9.59 Å². The van der Waals surface area contributed by atoms with Crippen LogP contribution in [0.3, 0.4) is 0 Å². The third kappa shape index (κ3) is 2.75. The summed E-state index contributed by atoms with van der Waals surface area (Å²) in [5.74, 6) is 0.0908. The number of hydrogen-bond donors (Lipinski definition) is 4. The van der Waals surface area contributed by atoms with Crippen molar-refractivity contribution >= 4 is 44.0 Å². The number of H-pyrrole nitrogens is 1. The van der Waals surface area contributed by atoms with Crippen molar-refractivity contribution in [1.29, 1.82) is 0 Å². The van der Waals surface area contributed by atoms with Gasteiger partial charge in [0.2, 0.25) is 5.43 Å². The molecule has 0 bridgehead atoms. The first-order chi connectivity index (χ1) is 14.0. The Morgan fingerprint density at radius 1 is 1.34 bits per heavy atom. The molecule has 9 nitrogen and oxygen atoms in total. The van der Waals surface area contributed by atoms with Crippen LogP contribution in [0.1, 0.15) is 18.9 Å². The van der Waals surface area contributed by atoms with E-state index in [1.807, 2.05) is 17.2 Å². The summed E-state index contributed by atoms with van der Waals surface area (Å²) < 4.78 is 4.83. The smallest absolute Gasteiger partial charge is 0.271 e. The molecule has 0 saturated heterocycles. The van der Waals surface area contributed by atoms with Crippen LogP contribution in [0, 0.1) is 5.92 Å². The maximum Gasteiger partial charge on any atom is 0.271 e. The van der Waals surface area contributed by atoms with Gasteiger partial charge in [0.05, 0.1) is 29.7 Å². The van der Waals surface area contributed by atoms with Crippen molar-refractivity contribution in [1.82, 2.24) is 14.4 Å². The normalized spacial score (nSPS) is 19.3. The molecule has 3 aromatic rings. The van der Waals surface area contributed by atoms with Crippen molar-refractivity contribution in [2.75, 3.05) is 30.8 Å². The predicted octanol–water partition coefficient (Wildman–Crippen LogP) is 1.21. The van der Waals surface area contributed by atoms with Crippen LogP contribution in [0.2, 0.25) is 0 Å². The molecule has 3 heterocycles. The van der Waals surface area contributed by atoms with E-state index < -0.39 is 0 Å². The molecule has 29 heavy (non-hydrogen) atoms. The van der Waals surface area contributed by atoms with E-state index in [0.717, 1.165) is 29.7 Å². The SMILES string of the molecule is CONC1=CN(c2cc3c(cc2N)c(=O)c2c(=O)[nH]sc2n3C2CC2)CC1CN. The lowest BCUT2D eigenvalue weighted by molar-refractivity contribution is 0.110. The number of benzene rings is 1. The van der Waals surface area contributed by atoms with Crippen LogP contribution in [0.25, 0.3) is 21.1 Å². The number of nitrogens with two attached hydrogens (primary N) is 2. The molecule has 0 spiro atoms. The van der Waals surface area contributed by atoms with Gasteiger partial charge >= 0.3 is 0 Å². The topological polar surface area (TPSA) is 131 Å². The molecule has 0 radical (unpaired) electrons. The lowest BCUT2D eigenvalue weighted by Crippen LogP contribution is -2.27. The minimum absolute atomic E-state index is 0.0908. The van der Waals surface area contributed by atoms with Crippen molar-refractivity contribution in [2.24, 2.45) is 11.7 Å². The van der Waals surface area contributed by atoms with E-state index in [0.29, 0.717) is 35.0 Å². The largest absolute Gasteiger partial charge is 0.397 e. The van der Waals surface area contributed by atoms with Crippen LogP contribution >= 0.6 is 11.5 Å². The third-order valence-electron chi connectivity index (χ3n) is 5.65. The number of hydrogen-bond acceptors (Lipinski definition) is 8. The molecule has 2 aromatic heterocycles. The molecule has 10 heteroatoms. The van der Waals surface area contributed by atoms with Crippen LogP contribution in [-0.4, -0.2) is 29.1 Å². The fourth-order valence-corrected chi connectivity index (χ4v) is 5.01. The number of anilines is 2. The van der Waals surface area contributed by atoms with Crippen molar-refractivity contribution < 1.29 is 4.84 Å². The maximum atomic E-state index is 13.0. The molecular weight excluding hydrogens is 392 g/mol. The lowest BCUT2D eigenvalue weighted by atomic mass is 10.1. The summed E-state index contributed by atoms with van der Waals surface area (Å²) in [5.41, 5.74) is 17.5. The predicted molar refractivity (Wildman–Crippen MR) is 115 cm³/mol. The zero-order chi connectivity index (χ0) is 20.3. The Balaban J connectivity index is 1.74. The summed E-state index contributed by atoms with van der Waals surface area (Å²) in [4.78, 5) is 33.0. The van der Waals surface area contributed by atoms with Gasteiger partial charge in [-0.3, -0.25) is 24.3 Å². The molecule has 1 saturated carbocycles. The molecule has 152 valence electrons. The van der Waals surface area contributed by atoms with Gasteiger partial charge in [0.1, 0.15) is 10.2 Å². The monoisotopic (exact) mass is 414 g/mol. The molecule has 1 aliphatic carbocycles. The lowest BCUT2D eigenvalue weighted by Gasteiger charge is -2.21. The Hall–Kier alpha value is -2.82. The molecule has 0 amide bonds. The second-order valence-corrected chi connectivity index (χ2v) is 8.34. The van der Waals surface area contributed by atoms with Crippen LogP contribution in [-0.2, 0) is 4.84 Å². The van der Waals surface area contributed by atoms with Gasteiger partial charge < -0.3 is 20.9 Å². The van der Waals surface area contributed by atoms with Gasteiger partial charge in [-0.15, -0.1) is 0 Å². The number of fused-ring (bicyclic) bond motifs is 2. The van der Waals surface area contributed by atoms with Gasteiger partial charge in [0.25, 0.3) is 5.56 Å². The molecule has 5 rings (SSSR count). The number of hydroxylamine groups is 1. The van der Waals surface area contributed by atoms with E-state index in [2.05, 4.69) is 14.4 Å². The fraction of sp³-hybridized carbons (Fsp3) is 0.368. The summed E-state index contributed by atoms with van der Waals surface area (Å²) in [6.45, 7) is 1.13. The standard InChI is InChI=1S/C19H22N6O3S/c1-28-22-13-8-24(7-9(13)6-20)15-5-14-11(4-12(15)21)17(26)16-18(27)23-29-19(16)25(14)10-2-3-10/h4-5,8-10,22H,2-3,6-7,20-21H2,1H3,(H,23,27). The summed E-state index contributed by atoms with van der Waals surface area (Å²) >= 11 is 1.22. The second-order valence-electron chi connectivity index (χ2n) is 7.55. The summed E-state index contributed by atoms with van der Waals surface area (Å²) in [6, 6.07) is 3.93. The van der Waals surface area contributed by atoms with Gasteiger partial charge in [-0.1, -0.05) is 0 Å². The quantitative estimate of drug-likeness (QED) is 0.364. The Kier molecular flexibility index (Phi) is 4.16. The Labute approximate surface area is 169 Å². The van der Waals surface area contributed by atoms with Gasteiger partial charge in [-0.25, -0.2) is 0 Å². The fourth-order valence-electron chi connectivity index (χ4n) is 4.09. The number of nitrogens with zero attached hydrogens (tertiary/aromatic N) is 2. The first-order valence-corrected chi connectivity index (χ1v) is 10.3. The minimum Gasteiger partial charge on any atom is -0.397 e. The number of nitrogens with one attached hydrogen (secondary N) is 2. The number of pyridine rings is 1. The molecule has 1 atom stereocenters. The third-order valence-corrected chi connectivity index (χ3v) is 6.54. The van der Waals surface area contributed by atoms with Crippen molar-refractivity contribution in [3.8, 4) is 0 Å². The number of nitrogen functional groups attached to an aromatic ring is 1. The summed E-state index contributed by atoms with van der Waals surface area (Å²) in [6.07, 6.45) is 3.99. The molecule has 1 fully saturated rings. The van der Waals surface area contributed by atoms with Gasteiger partial charge in [0, 0.05) is 36.6 Å². The Morgan fingerprint density at radius 2 is 2.14 bits per heavy atom. The van der Waals surface area contributed by atoms with E-state index in [1.165, 1.54) is 11.5 Å². The van der Waals surface area contributed by atoms with Gasteiger partial charge in [-0.05, 0) is 36.5 Å². The average molecular weight is 414 g/mol. The highest BCUT2D eigenvalue weighted by Gasteiger charge is 2.30. The first-order valence-electron chi connectivity index (χ1n) is 9.49. The molecule has 6 N–H and O–H groups in total. The van der Waals surface area contributed by atoms with Gasteiger partial charge in [-0.2, -0.15) is 0 Å². The van der Waals surface area contributed by atoms with Crippen molar-refractivity contribution in [3.05, 3.63) is 44.6 Å². The van der Waals surface area contributed by atoms with Gasteiger partial charge in [0.15, 0.2) is 0 Å². The Bertz CT molecular complexity index is 1270. The van der Waals surface area contributed by atoms with E-state index in [-0.39, 0.29) is 22.3 Å². The highest BCUT2D eigenvalue weighted by atomic mass is 32.1. The molecule has 2 aliphatic rings. The number of aromatic nitrogens is 2. The van der Waals surface area contributed by atoms with E-state index in [1.54, 1.807) is 13.2 Å².